The van der Waals surface area contributed by atoms with Crippen LogP contribution in [0.25, 0.3) is 22.4 Å². The average Bonchev–Trinajstić information content (AvgIpc) is 3.48. The Hall–Kier alpha value is -3.75. The highest BCUT2D eigenvalue weighted by Crippen LogP contribution is 2.22. The van der Waals surface area contributed by atoms with Crippen LogP contribution >= 0.6 is 0 Å². The normalized spacial score (nSPS) is 14.5. The number of fused-ring (bicyclic) bond motifs is 1. The molecule has 1 aliphatic heterocycles. The second-order valence-corrected chi connectivity index (χ2v) is 8.25. The summed E-state index contributed by atoms with van der Waals surface area (Å²) in [5.74, 6) is 2.35. The number of para-hydroxylation sites is 2. The highest BCUT2D eigenvalue weighted by Gasteiger charge is 2.22. The minimum absolute atomic E-state index is 0.106. The Bertz CT molecular complexity index is 1220. The van der Waals surface area contributed by atoms with Crippen molar-refractivity contribution >= 4 is 22.8 Å². The summed E-state index contributed by atoms with van der Waals surface area (Å²) >= 11 is 0. The average molecular weight is 432 g/mol. The van der Waals surface area contributed by atoms with Gasteiger partial charge in [0.2, 0.25) is 17.6 Å². The highest BCUT2D eigenvalue weighted by molar-refractivity contribution is 5.80. The second kappa shape index (κ2) is 8.41. The molecule has 9 nitrogen and oxygen atoms in total. The van der Waals surface area contributed by atoms with E-state index in [9.17, 15) is 4.79 Å². The Morgan fingerprint density at radius 2 is 1.88 bits per heavy atom. The van der Waals surface area contributed by atoms with Crippen molar-refractivity contribution in [2.45, 2.75) is 26.3 Å². The molecule has 1 fully saturated rings. The lowest BCUT2D eigenvalue weighted by Crippen LogP contribution is -2.49. The molecule has 1 aliphatic rings. The van der Waals surface area contributed by atoms with Gasteiger partial charge in [-0.05, 0) is 24.3 Å². The third kappa shape index (κ3) is 3.93. The second-order valence-electron chi connectivity index (χ2n) is 8.25. The van der Waals surface area contributed by atoms with Gasteiger partial charge in [-0.3, -0.25) is 4.79 Å². The van der Waals surface area contributed by atoms with Crippen LogP contribution in [-0.2, 0) is 11.3 Å². The number of carbonyl (C=O) groups is 1. The molecule has 0 radical (unpaired) electrons. The van der Waals surface area contributed by atoms with Gasteiger partial charge in [0.15, 0.2) is 0 Å². The van der Waals surface area contributed by atoms with Crippen LogP contribution in [0.4, 0.5) is 5.82 Å². The van der Waals surface area contributed by atoms with Crippen molar-refractivity contribution in [3.63, 3.8) is 0 Å². The number of amides is 1. The first-order valence-corrected chi connectivity index (χ1v) is 10.8. The summed E-state index contributed by atoms with van der Waals surface area (Å²) < 4.78 is 7.19. The summed E-state index contributed by atoms with van der Waals surface area (Å²) in [6.07, 6.45) is 3.50. The standard InChI is InChI=1S/C23H25N7O2/c1-16(2)23-26-22(27-32-23)17-7-8-20(24-13-17)28-9-11-29(12-10-28)21(31)14-30-15-25-18-5-3-4-6-19(18)30/h3-8,13,15-16H,9-12,14H2,1-2H3. The van der Waals surface area contributed by atoms with E-state index in [1.54, 1.807) is 12.5 Å². The largest absolute Gasteiger partial charge is 0.353 e. The number of nitrogens with zero attached hydrogens (tertiary/aromatic N) is 7. The molecule has 0 bridgehead atoms. The van der Waals surface area contributed by atoms with E-state index >= 15 is 0 Å². The van der Waals surface area contributed by atoms with Crippen molar-refractivity contribution in [3.05, 3.63) is 54.8 Å². The summed E-state index contributed by atoms with van der Waals surface area (Å²) in [6.45, 7) is 7.14. The zero-order chi connectivity index (χ0) is 22.1. The molecule has 1 aromatic carbocycles. The van der Waals surface area contributed by atoms with Crippen molar-refractivity contribution in [3.8, 4) is 11.4 Å². The molecule has 32 heavy (non-hydrogen) atoms. The van der Waals surface area contributed by atoms with Crippen LogP contribution in [0.5, 0.6) is 0 Å². The van der Waals surface area contributed by atoms with Crippen LogP contribution in [0.15, 0.2) is 53.4 Å². The van der Waals surface area contributed by atoms with Crippen LogP contribution in [0.2, 0.25) is 0 Å². The number of anilines is 1. The van der Waals surface area contributed by atoms with Gasteiger partial charge in [-0.25, -0.2) is 9.97 Å². The number of hydrogen-bond donors (Lipinski definition) is 0. The van der Waals surface area contributed by atoms with Gasteiger partial charge in [0.05, 0.1) is 17.4 Å². The smallest absolute Gasteiger partial charge is 0.242 e. The van der Waals surface area contributed by atoms with Gasteiger partial charge >= 0.3 is 0 Å². The fourth-order valence-corrected chi connectivity index (χ4v) is 3.86. The molecule has 5 rings (SSSR count). The third-order valence-corrected chi connectivity index (χ3v) is 5.73. The molecule has 0 atom stereocenters. The minimum atomic E-state index is 0.106. The first kappa shape index (κ1) is 20.2. The molecule has 1 amide bonds. The maximum atomic E-state index is 12.8. The van der Waals surface area contributed by atoms with Crippen molar-refractivity contribution in [2.75, 3.05) is 31.1 Å². The quantitative estimate of drug-likeness (QED) is 0.480. The summed E-state index contributed by atoms with van der Waals surface area (Å²) in [7, 11) is 0. The lowest BCUT2D eigenvalue weighted by molar-refractivity contribution is -0.132. The van der Waals surface area contributed by atoms with E-state index in [1.807, 2.05) is 59.7 Å². The summed E-state index contributed by atoms with van der Waals surface area (Å²) in [4.78, 5) is 30.3. The number of hydrogen-bond acceptors (Lipinski definition) is 7. The molecular formula is C23H25N7O2. The Balaban J connectivity index is 1.19. The van der Waals surface area contributed by atoms with Crippen molar-refractivity contribution in [2.24, 2.45) is 0 Å². The van der Waals surface area contributed by atoms with Crippen molar-refractivity contribution in [1.82, 2.24) is 29.6 Å². The number of piperazine rings is 1. The van der Waals surface area contributed by atoms with Crippen LogP contribution in [-0.4, -0.2) is 61.7 Å². The van der Waals surface area contributed by atoms with Gasteiger partial charge in [0.1, 0.15) is 12.4 Å². The maximum Gasteiger partial charge on any atom is 0.242 e. The molecule has 4 aromatic rings. The molecule has 0 aliphatic carbocycles. The van der Waals surface area contributed by atoms with Gasteiger partial charge in [-0.1, -0.05) is 31.1 Å². The van der Waals surface area contributed by atoms with Gasteiger partial charge < -0.3 is 18.9 Å². The molecule has 4 heterocycles. The maximum absolute atomic E-state index is 12.8. The SMILES string of the molecule is CC(C)c1nc(-c2ccc(N3CCN(C(=O)Cn4cnc5ccccc54)CC3)nc2)no1. The zero-order valence-corrected chi connectivity index (χ0v) is 18.2. The summed E-state index contributed by atoms with van der Waals surface area (Å²) in [6, 6.07) is 11.8. The monoisotopic (exact) mass is 431 g/mol. The topological polar surface area (TPSA) is 93.2 Å². The van der Waals surface area contributed by atoms with E-state index in [1.165, 1.54) is 0 Å². The first-order chi connectivity index (χ1) is 15.6. The molecule has 1 saturated heterocycles. The van der Waals surface area contributed by atoms with Gasteiger partial charge in [0.25, 0.3) is 0 Å². The Labute approximate surface area is 185 Å². The first-order valence-electron chi connectivity index (χ1n) is 10.8. The van der Waals surface area contributed by atoms with E-state index in [4.69, 9.17) is 4.52 Å². The lowest BCUT2D eigenvalue weighted by Gasteiger charge is -2.35. The number of rotatable bonds is 5. The molecule has 164 valence electrons. The van der Waals surface area contributed by atoms with Gasteiger partial charge in [-0.2, -0.15) is 4.98 Å². The fourth-order valence-electron chi connectivity index (χ4n) is 3.86. The van der Waals surface area contributed by atoms with E-state index in [0.717, 1.165) is 35.5 Å². The highest BCUT2D eigenvalue weighted by atomic mass is 16.5. The molecule has 0 saturated carbocycles. The molecule has 0 N–H and O–H groups in total. The summed E-state index contributed by atoms with van der Waals surface area (Å²) in [5.41, 5.74) is 2.71. The number of carbonyl (C=O) groups excluding carboxylic acids is 1. The van der Waals surface area contributed by atoms with Crippen LogP contribution in [0.3, 0.4) is 0 Å². The Morgan fingerprint density at radius 3 is 2.59 bits per heavy atom. The Kier molecular flexibility index (Phi) is 5.30. The number of pyridine rings is 1. The fraction of sp³-hybridized carbons (Fsp3) is 0.348. The van der Waals surface area contributed by atoms with Gasteiger partial charge in [0, 0.05) is 43.9 Å². The predicted octanol–water partition coefficient (Wildman–Crippen LogP) is 2.95. The lowest BCUT2D eigenvalue weighted by atomic mass is 10.2. The van der Waals surface area contributed by atoms with Crippen molar-refractivity contribution < 1.29 is 9.32 Å². The number of benzene rings is 1. The van der Waals surface area contributed by atoms with E-state index in [2.05, 4.69) is 25.0 Å². The minimum Gasteiger partial charge on any atom is -0.353 e. The number of imidazole rings is 1. The van der Waals surface area contributed by atoms with Gasteiger partial charge in [-0.15, -0.1) is 0 Å². The molecule has 0 unspecified atom stereocenters. The number of aromatic nitrogens is 5. The van der Waals surface area contributed by atoms with Crippen LogP contribution in [0.1, 0.15) is 25.7 Å². The molecular weight excluding hydrogens is 406 g/mol. The predicted molar refractivity (Wildman–Crippen MR) is 120 cm³/mol. The summed E-state index contributed by atoms with van der Waals surface area (Å²) in [5, 5.41) is 4.04. The molecule has 9 heteroatoms. The zero-order valence-electron chi connectivity index (χ0n) is 18.2. The molecule has 3 aromatic heterocycles. The van der Waals surface area contributed by atoms with Crippen LogP contribution < -0.4 is 4.90 Å². The van der Waals surface area contributed by atoms with E-state index < -0.39 is 0 Å². The van der Waals surface area contributed by atoms with E-state index in [-0.39, 0.29) is 11.8 Å². The van der Waals surface area contributed by atoms with Crippen LogP contribution in [0, 0.1) is 0 Å². The Morgan fingerprint density at radius 1 is 1.06 bits per heavy atom. The third-order valence-electron chi connectivity index (χ3n) is 5.73. The van der Waals surface area contributed by atoms with Crippen molar-refractivity contribution in [1.29, 1.82) is 0 Å². The molecule has 0 spiro atoms. The van der Waals surface area contributed by atoms with E-state index in [0.29, 0.717) is 31.3 Å².